The van der Waals surface area contributed by atoms with Crippen molar-refractivity contribution < 1.29 is 4.43 Å². The monoisotopic (exact) mass is 344 g/mol. The number of rotatable bonds is 11. The first-order valence-corrected chi connectivity index (χ1v) is 13.8. The summed E-state index contributed by atoms with van der Waals surface area (Å²) in [5.74, 6) is 0. The fourth-order valence-electron chi connectivity index (χ4n) is 3.80. The molecule has 0 saturated carbocycles. The van der Waals surface area contributed by atoms with Gasteiger partial charge in [-0.1, -0.05) is 27.2 Å². The summed E-state index contributed by atoms with van der Waals surface area (Å²) in [5.41, 5.74) is 0. The van der Waals surface area contributed by atoms with Crippen LogP contribution in [-0.2, 0) is 4.43 Å². The molecule has 1 heterocycles. The zero-order valence-electron chi connectivity index (χ0n) is 15.9. The van der Waals surface area contributed by atoms with E-state index in [1.54, 1.807) is 0 Å². The zero-order chi connectivity index (χ0) is 16.4. The van der Waals surface area contributed by atoms with Gasteiger partial charge in [-0.2, -0.15) is 0 Å². The summed E-state index contributed by atoms with van der Waals surface area (Å²) in [4.78, 5) is 2.70. The summed E-state index contributed by atoms with van der Waals surface area (Å²) in [6, 6.07) is 5.65. The maximum Gasteiger partial charge on any atom is 0.161 e. The third-order valence-electron chi connectivity index (χ3n) is 5.59. The fraction of sp³-hybridized carbons (Fsp3) is 1.00. The van der Waals surface area contributed by atoms with E-state index in [1.807, 2.05) is 0 Å². The molecule has 0 aliphatic carbocycles. The number of hydrogen-bond donors (Lipinski definition) is 0. The van der Waals surface area contributed by atoms with Gasteiger partial charge in [-0.25, -0.2) is 0 Å². The Kier molecular flexibility index (Phi) is 10.2. The van der Waals surface area contributed by atoms with Crippen LogP contribution in [0.25, 0.3) is 0 Å². The van der Waals surface area contributed by atoms with Crippen LogP contribution in [0.2, 0.25) is 24.2 Å². The number of nitrogens with zero attached hydrogens (tertiary/aromatic N) is 2. The molecule has 0 bridgehead atoms. The lowest BCUT2D eigenvalue weighted by Crippen LogP contribution is -2.59. The highest BCUT2D eigenvalue weighted by molar-refractivity contribution is 6.77. The minimum absolute atomic E-state index is 0.243. The van der Waals surface area contributed by atoms with Gasteiger partial charge in [0.1, 0.15) is 8.24 Å². The molecule has 0 amide bonds. The number of unbranched alkanes of at least 4 members (excludes halogenated alkanes) is 1. The highest BCUT2D eigenvalue weighted by Crippen LogP contribution is 2.26. The van der Waals surface area contributed by atoms with E-state index in [9.17, 15) is 0 Å². The molecule has 22 heavy (non-hydrogen) atoms. The third-order valence-corrected chi connectivity index (χ3v) is 13.0. The molecule has 1 aliphatic heterocycles. The van der Waals surface area contributed by atoms with E-state index >= 15 is 0 Å². The quantitative estimate of drug-likeness (QED) is 0.422. The smallest absolute Gasteiger partial charge is 0.161 e. The van der Waals surface area contributed by atoms with Gasteiger partial charge in [0.2, 0.25) is 0 Å². The van der Waals surface area contributed by atoms with Crippen LogP contribution in [0.5, 0.6) is 0 Å². The fourth-order valence-corrected chi connectivity index (χ4v) is 8.99. The van der Waals surface area contributed by atoms with Crippen molar-refractivity contribution in [2.24, 2.45) is 0 Å². The molecule has 1 saturated heterocycles. The molecule has 0 aromatic rings. The van der Waals surface area contributed by atoms with Crippen molar-refractivity contribution in [3.8, 4) is 0 Å². The summed E-state index contributed by atoms with van der Waals surface area (Å²) < 4.78 is 8.66. The van der Waals surface area contributed by atoms with Crippen molar-refractivity contribution >= 4 is 18.0 Å². The molecular formula is C17H40N2OSi2. The van der Waals surface area contributed by atoms with Gasteiger partial charge in [-0.15, -0.1) is 0 Å². The Balaban J connectivity index is 2.17. The Labute approximate surface area is 142 Å². The highest BCUT2D eigenvalue weighted by atomic mass is 28.3. The molecule has 0 unspecified atom stereocenters. The van der Waals surface area contributed by atoms with Crippen molar-refractivity contribution in [2.45, 2.75) is 77.7 Å². The van der Waals surface area contributed by atoms with E-state index < -0.39 is 8.24 Å². The molecule has 5 heteroatoms. The van der Waals surface area contributed by atoms with Crippen LogP contribution in [0.4, 0.5) is 0 Å². The van der Waals surface area contributed by atoms with Crippen LogP contribution in [-0.4, -0.2) is 66.3 Å². The minimum atomic E-state index is -1.11. The van der Waals surface area contributed by atoms with Crippen LogP contribution < -0.4 is 0 Å². The van der Waals surface area contributed by atoms with E-state index in [4.69, 9.17) is 4.43 Å². The predicted molar refractivity (Wildman–Crippen MR) is 104 cm³/mol. The van der Waals surface area contributed by atoms with Crippen molar-refractivity contribution in [1.29, 1.82) is 0 Å². The topological polar surface area (TPSA) is 15.7 Å². The standard InChI is InChI=1S/C17H40N2OSi2/c1-6-22(7-2,8-3)19-14-12-18(13-15-19)11-9-10-16-21-20-17(4)5/h17H,6-16,21H2,1-5H3. The maximum atomic E-state index is 5.75. The Hall–Kier alpha value is 0.314. The SMILES string of the molecule is CC[Si](CC)(CC)N1CCN(CCCC[SiH2]OC(C)C)CC1. The van der Waals surface area contributed by atoms with Gasteiger partial charge in [0, 0.05) is 32.3 Å². The Morgan fingerprint density at radius 1 is 0.955 bits per heavy atom. The first kappa shape index (κ1) is 20.4. The summed E-state index contributed by atoms with van der Waals surface area (Å²) in [7, 11) is -1.35. The molecule has 0 aromatic heterocycles. The van der Waals surface area contributed by atoms with Crippen LogP contribution in [0, 0.1) is 0 Å². The second-order valence-electron chi connectivity index (χ2n) is 7.09. The average Bonchev–Trinajstić information content (AvgIpc) is 2.54. The molecular weight excluding hydrogens is 304 g/mol. The number of piperazine rings is 1. The van der Waals surface area contributed by atoms with Crippen molar-refractivity contribution in [1.82, 2.24) is 9.47 Å². The van der Waals surface area contributed by atoms with Gasteiger partial charge in [-0.3, -0.25) is 0 Å². The molecule has 0 N–H and O–H groups in total. The van der Waals surface area contributed by atoms with Crippen molar-refractivity contribution in [3.05, 3.63) is 0 Å². The highest BCUT2D eigenvalue weighted by Gasteiger charge is 2.35. The first-order valence-electron chi connectivity index (χ1n) is 9.67. The van der Waals surface area contributed by atoms with E-state index in [1.165, 1.54) is 69.7 Å². The van der Waals surface area contributed by atoms with Gasteiger partial charge >= 0.3 is 0 Å². The summed E-state index contributed by atoms with van der Waals surface area (Å²) in [6.07, 6.45) is 3.18. The Morgan fingerprint density at radius 3 is 2.05 bits per heavy atom. The molecule has 0 spiro atoms. The van der Waals surface area contributed by atoms with E-state index in [2.05, 4.69) is 44.1 Å². The lowest BCUT2D eigenvalue weighted by Gasteiger charge is -2.46. The van der Waals surface area contributed by atoms with E-state index in [-0.39, 0.29) is 9.76 Å². The van der Waals surface area contributed by atoms with Crippen LogP contribution in [0.3, 0.4) is 0 Å². The normalized spacial score (nSPS) is 18.8. The van der Waals surface area contributed by atoms with Gasteiger partial charge in [0.25, 0.3) is 0 Å². The molecule has 1 fully saturated rings. The minimum Gasteiger partial charge on any atom is -0.422 e. The van der Waals surface area contributed by atoms with Crippen molar-refractivity contribution in [2.75, 3.05) is 32.7 Å². The predicted octanol–water partition coefficient (Wildman–Crippen LogP) is 3.32. The Bertz CT molecular complexity index is 270. The van der Waals surface area contributed by atoms with Gasteiger partial charge in [0.05, 0.1) is 0 Å². The first-order chi connectivity index (χ1) is 10.6. The van der Waals surface area contributed by atoms with Crippen LogP contribution in [0.1, 0.15) is 47.5 Å². The van der Waals surface area contributed by atoms with Gasteiger partial charge in [-0.05, 0) is 51.0 Å². The van der Waals surface area contributed by atoms with Gasteiger partial charge in [0.15, 0.2) is 9.76 Å². The summed E-state index contributed by atoms with van der Waals surface area (Å²) in [5, 5.41) is 0. The summed E-state index contributed by atoms with van der Waals surface area (Å²) >= 11 is 0. The third kappa shape index (κ3) is 6.44. The molecule has 0 atom stereocenters. The zero-order valence-corrected chi connectivity index (χ0v) is 18.3. The lowest BCUT2D eigenvalue weighted by atomic mass is 10.3. The largest absolute Gasteiger partial charge is 0.422 e. The van der Waals surface area contributed by atoms with E-state index in [0.717, 1.165) is 0 Å². The molecule has 1 aliphatic rings. The Morgan fingerprint density at radius 2 is 1.55 bits per heavy atom. The van der Waals surface area contributed by atoms with E-state index in [0.29, 0.717) is 6.10 Å². The molecule has 1 rings (SSSR count). The average molecular weight is 345 g/mol. The second kappa shape index (κ2) is 11.0. The van der Waals surface area contributed by atoms with Crippen LogP contribution >= 0.6 is 0 Å². The molecule has 0 aromatic carbocycles. The second-order valence-corrected chi connectivity index (χ2v) is 13.7. The maximum absolute atomic E-state index is 5.75. The van der Waals surface area contributed by atoms with Gasteiger partial charge < -0.3 is 13.9 Å². The molecule has 132 valence electrons. The number of hydrogen-bond acceptors (Lipinski definition) is 3. The molecule has 0 radical (unpaired) electrons. The lowest BCUT2D eigenvalue weighted by molar-refractivity contribution is 0.179. The van der Waals surface area contributed by atoms with Crippen molar-refractivity contribution in [3.63, 3.8) is 0 Å². The molecule has 3 nitrogen and oxygen atoms in total. The van der Waals surface area contributed by atoms with Crippen LogP contribution in [0.15, 0.2) is 0 Å². The summed E-state index contributed by atoms with van der Waals surface area (Å²) in [6.45, 7) is 18.1.